The topological polar surface area (TPSA) is 38.3 Å². The molecule has 2 rings (SSSR count). The number of hydrogen-bond acceptors (Lipinski definition) is 2. The van der Waals surface area contributed by atoms with Crippen LogP contribution in [0.1, 0.15) is 33.3 Å². The fourth-order valence-corrected chi connectivity index (χ4v) is 1.68. The van der Waals surface area contributed by atoms with Gasteiger partial charge in [0.25, 0.3) is 5.91 Å². The molecule has 0 aliphatic carbocycles. The second-order valence-electron chi connectivity index (χ2n) is 5.21. The van der Waals surface area contributed by atoms with Crippen LogP contribution >= 0.6 is 0 Å². The first-order valence-electron chi connectivity index (χ1n) is 5.50. The third-order valence-electron chi connectivity index (χ3n) is 2.78. The molecule has 1 atom stereocenters. The molecule has 0 fully saturated rings. The number of amides is 1. The summed E-state index contributed by atoms with van der Waals surface area (Å²) in [5, 5.41) is 2.86. The zero-order valence-corrected chi connectivity index (χ0v) is 10.1. The summed E-state index contributed by atoms with van der Waals surface area (Å²) < 4.78 is 5.50. The van der Waals surface area contributed by atoms with E-state index in [1.807, 2.05) is 18.2 Å². The van der Waals surface area contributed by atoms with Crippen LogP contribution in [0, 0.1) is 0 Å². The van der Waals surface area contributed by atoms with Gasteiger partial charge in [-0.15, -0.1) is 0 Å². The highest BCUT2D eigenvalue weighted by Crippen LogP contribution is 2.34. The minimum atomic E-state index is -0.409. The van der Waals surface area contributed by atoms with Crippen LogP contribution in [0.3, 0.4) is 0 Å². The summed E-state index contributed by atoms with van der Waals surface area (Å²) in [7, 11) is 0. The van der Waals surface area contributed by atoms with Gasteiger partial charge in [0.2, 0.25) is 0 Å². The van der Waals surface area contributed by atoms with Gasteiger partial charge in [0, 0.05) is 0 Å². The Morgan fingerprint density at radius 3 is 2.62 bits per heavy atom. The molecule has 0 aromatic heterocycles. The molecule has 1 aromatic carbocycles. The Labute approximate surface area is 95.8 Å². The molecule has 16 heavy (non-hydrogen) atoms. The highest BCUT2D eigenvalue weighted by molar-refractivity contribution is 5.97. The minimum Gasteiger partial charge on any atom is -0.479 e. The molecule has 0 bridgehead atoms. The lowest BCUT2D eigenvalue weighted by molar-refractivity contribution is -0.122. The Balaban J connectivity index is 2.40. The maximum absolute atomic E-state index is 11.5. The molecule has 1 aliphatic heterocycles. The highest BCUT2D eigenvalue weighted by Gasteiger charge is 2.25. The smallest absolute Gasteiger partial charge is 0.265 e. The third kappa shape index (κ3) is 1.90. The number of hydrogen-bond donors (Lipinski definition) is 1. The van der Waals surface area contributed by atoms with Crippen molar-refractivity contribution in [1.29, 1.82) is 0 Å². The summed E-state index contributed by atoms with van der Waals surface area (Å²) in [6.45, 7) is 8.17. The standard InChI is InChI=1S/C13H17NO2/c1-8-12(15)14-10-7-9(13(2,3)4)5-6-11(10)16-8/h5-8H,1-4H3,(H,14,15)/t8-/m0/s1. The first kappa shape index (κ1) is 11.0. The molecule has 0 saturated carbocycles. The van der Waals surface area contributed by atoms with E-state index >= 15 is 0 Å². The largest absolute Gasteiger partial charge is 0.479 e. The number of rotatable bonds is 0. The lowest BCUT2D eigenvalue weighted by Gasteiger charge is -2.26. The van der Waals surface area contributed by atoms with Gasteiger partial charge in [-0.2, -0.15) is 0 Å². The maximum Gasteiger partial charge on any atom is 0.265 e. The van der Waals surface area contributed by atoms with Crippen LogP contribution in [0.5, 0.6) is 5.75 Å². The van der Waals surface area contributed by atoms with Crippen LogP contribution in [-0.4, -0.2) is 12.0 Å². The van der Waals surface area contributed by atoms with E-state index in [0.29, 0.717) is 0 Å². The van der Waals surface area contributed by atoms with E-state index in [1.54, 1.807) is 6.92 Å². The lowest BCUT2D eigenvalue weighted by atomic mass is 9.86. The summed E-state index contributed by atoms with van der Waals surface area (Å²) in [4.78, 5) is 11.5. The van der Waals surface area contributed by atoms with E-state index < -0.39 is 6.10 Å². The number of nitrogens with one attached hydrogen (secondary N) is 1. The van der Waals surface area contributed by atoms with Crippen molar-refractivity contribution in [1.82, 2.24) is 0 Å². The van der Waals surface area contributed by atoms with Crippen molar-refractivity contribution >= 4 is 11.6 Å². The quantitative estimate of drug-likeness (QED) is 0.728. The molecule has 0 spiro atoms. The number of ether oxygens (including phenoxy) is 1. The number of fused-ring (bicyclic) bond motifs is 1. The molecule has 86 valence electrons. The van der Waals surface area contributed by atoms with Gasteiger partial charge in [-0.05, 0) is 30.0 Å². The van der Waals surface area contributed by atoms with Crippen LogP contribution < -0.4 is 10.1 Å². The fraction of sp³-hybridized carbons (Fsp3) is 0.462. The summed E-state index contributed by atoms with van der Waals surface area (Å²) >= 11 is 0. The second-order valence-corrected chi connectivity index (χ2v) is 5.21. The Morgan fingerprint density at radius 2 is 2.00 bits per heavy atom. The number of benzene rings is 1. The highest BCUT2D eigenvalue weighted by atomic mass is 16.5. The molecular formula is C13H17NO2. The lowest BCUT2D eigenvalue weighted by Crippen LogP contribution is -2.34. The fourth-order valence-electron chi connectivity index (χ4n) is 1.68. The third-order valence-corrected chi connectivity index (χ3v) is 2.78. The molecule has 3 nitrogen and oxygen atoms in total. The summed E-state index contributed by atoms with van der Waals surface area (Å²) in [6, 6.07) is 5.95. The van der Waals surface area contributed by atoms with E-state index in [4.69, 9.17) is 4.74 Å². The Bertz CT molecular complexity index is 432. The van der Waals surface area contributed by atoms with Gasteiger partial charge in [0.05, 0.1) is 5.69 Å². The molecule has 0 radical (unpaired) electrons. The Hall–Kier alpha value is -1.51. The van der Waals surface area contributed by atoms with Gasteiger partial charge in [0.1, 0.15) is 5.75 Å². The SMILES string of the molecule is C[C@@H]1Oc2ccc(C(C)(C)C)cc2NC1=O. The zero-order valence-electron chi connectivity index (χ0n) is 10.1. The Morgan fingerprint density at radius 1 is 1.31 bits per heavy atom. The summed E-state index contributed by atoms with van der Waals surface area (Å²) in [6.07, 6.45) is -0.409. The number of carbonyl (C=O) groups excluding carboxylic acids is 1. The molecule has 1 aliphatic rings. The monoisotopic (exact) mass is 219 g/mol. The normalized spacial score (nSPS) is 19.8. The predicted molar refractivity (Wildman–Crippen MR) is 63.9 cm³/mol. The zero-order chi connectivity index (χ0) is 11.9. The molecular weight excluding hydrogens is 202 g/mol. The van der Waals surface area contributed by atoms with Crippen molar-refractivity contribution in [2.75, 3.05) is 5.32 Å². The van der Waals surface area contributed by atoms with Gasteiger partial charge in [-0.1, -0.05) is 26.8 Å². The Kier molecular flexibility index (Phi) is 2.41. The maximum atomic E-state index is 11.5. The van der Waals surface area contributed by atoms with Crippen molar-refractivity contribution in [3.8, 4) is 5.75 Å². The minimum absolute atomic E-state index is 0.0722. The van der Waals surface area contributed by atoms with E-state index in [1.165, 1.54) is 5.56 Å². The summed E-state index contributed by atoms with van der Waals surface area (Å²) in [5.41, 5.74) is 2.03. The molecule has 1 heterocycles. The van der Waals surface area contributed by atoms with Gasteiger partial charge in [0.15, 0.2) is 6.10 Å². The van der Waals surface area contributed by atoms with Crippen molar-refractivity contribution in [3.05, 3.63) is 23.8 Å². The van der Waals surface area contributed by atoms with Crippen molar-refractivity contribution in [3.63, 3.8) is 0 Å². The van der Waals surface area contributed by atoms with Crippen molar-refractivity contribution < 1.29 is 9.53 Å². The van der Waals surface area contributed by atoms with Gasteiger partial charge < -0.3 is 10.1 Å². The molecule has 1 N–H and O–H groups in total. The van der Waals surface area contributed by atoms with Gasteiger partial charge in [-0.25, -0.2) is 0 Å². The first-order chi connectivity index (χ1) is 7.38. The molecule has 1 aromatic rings. The number of carbonyl (C=O) groups is 1. The van der Waals surface area contributed by atoms with Crippen molar-refractivity contribution in [2.24, 2.45) is 0 Å². The van der Waals surface area contributed by atoms with Crippen LogP contribution in [0.2, 0.25) is 0 Å². The second kappa shape index (κ2) is 3.51. The predicted octanol–water partition coefficient (Wildman–Crippen LogP) is 2.70. The summed E-state index contributed by atoms with van der Waals surface area (Å²) in [5.74, 6) is 0.665. The van der Waals surface area contributed by atoms with Crippen LogP contribution in [-0.2, 0) is 10.2 Å². The van der Waals surface area contributed by atoms with Crippen LogP contribution in [0.4, 0.5) is 5.69 Å². The van der Waals surface area contributed by atoms with E-state index in [-0.39, 0.29) is 11.3 Å². The van der Waals surface area contributed by atoms with Crippen LogP contribution in [0.25, 0.3) is 0 Å². The van der Waals surface area contributed by atoms with Crippen LogP contribution in [0.15, 0.2) is 18.2 Å². The van der Waals surface area contributed by atoms with Gasteiger partial charge >= 0.3 is 0 Å². The molecule has 0 saturated heterocycles. The molecule has 1 amide bonds. The van der Waals surface area contributed by atoms with Gasteiger partial charge in [-0.3, -0.25) is 4.79 Å². The molecule has 0 unspecified atom stereocenters. The molecule has 3 heteroatoms. The number of anilines is 1. The van der Waals surface area contributed by atoms with E-state index in [2.05, 4.69) is 26.1 Å². The first-order valence-corrected chi connectivity index (χ1v) is 5.50. The van der Waals surface area contributed by atoms with E-state index in [0.717, 1.165) is 11.4 Å². The average Bonchev–Trinajstić information content (AvgIpc) is 2.17. The van der Waals surface area contributed by atoms with E-state index in [9.17, 15) is 4.79 Å². The average molecular weight is 219 g/mol. The van der Waals surface area contributed by atoms with Crippen molar-refractivity contribution in [2.45, 2.75) is 39.2 Å².